The average molecular weight is 549 g/mol. The van der Waals surface area contributed by atoms with E-state index in [1.54, 1.807) is 10.5 Å². The Kier molecular flexibility index (Phi) is 19.6. The van der Waals surface area contributed by atoms with Crippen LogP contribution in [-0.4, -0.2) is 10.5 Å². The third-order valence-electron chi connectivity index (χ3n) is 7.84. The summed E-state index contributed by atoms with van der Waals surface area (Å²) < 4.78 is 0. The molecule has 2 heteroatoms. The van der Waals surface area contributed by atoms with Crippen molar-refractivity contribution < 1.29 is 0 Å². The van der Waals surface area contributed by atoms with Crippen molar-refractivity contribution in [2.24, 2.45) is 0 Å². The van der Waals surface area contributed by atoms with Gasteiger partial charge in [-0.25, -0.2) is 0 Å². The summed E-state index contributed by atoms with van der Waals surface area (Å²) >= 11 is 4.34. The van der Waals surface area contributed by atoms with Crippen LogP contribution in [-0.2, 0) is 5.41 Å². The van der Waals surface area contributed by atoms with Gasteiger partial charge in [-0.1, -0.05) is 138 Å². The summed E-state index contributed by atoms with van der Waals surface area (Å²) in [4.78, 5) is 3.08. The van der Waals surface area contributed by atoms with Crippen LogP contribution in [0.5, 0.6) is 0 Å². The Hall–Kier alpha value is -0.0800. The number of hydrogen-bond donors (Lipinski definition) is 0. The van der Waals surface area contributed by atoms with Gasteiger partial charge in [-0.2, -0.15) is 0 Å². The maximum absolute atomic E-state index is 2.58. The molecule has 0 aliphatic carbocycles. The maximum Gasteiger partial charge on any atom is 0.0116 e. The Morgan fingerprint density at radius 2 is 0.973 bits per heavy atom. The zero-order valence-electron chi connectivity index (χ0n) is 26.4. The van der Waals surface area contributed by atoms with Crippen LogP contribution >= 0.6 is 23.5 Å². The van der Waals surface area contributed by atoms with Crippen molar-refractivity contribution in [1.29, 1.82) is 0 Å². The quantitative estimate of drug-likeness (QED) is 0.104. The van der Waals surface area contributed by atoms with Crippen LogP contribution in [0.4, 0.5) is 0 Å². The van der Waals surface area contributed by atoms with Crippen LogP contribution in [0.15, 0.2) is 21.9 Å². The number of aryl methyl sites for hydroxylation is 1. The lowest BCUT2D eigenvalue weighted by Crippen LogP contribution is -2.15. The summed E-state index contributed by atoms with van der Waals surface area (Å²) in [5.74, 6) is 0. The first-order valence-electron chi connectivity index (χ1n) is 16.2. The fourth-order valence-corrected chi connectivity index (χ4v) is 7.97. The fraction of sp³-hybridized carbons (Fsp3) is 0.829. The first-order chi connectivity index (χ1) is 17.8. The number of thioether (sulfide) groups is 2. The second-order valence-corrected chi connectivity index (χ2v) is 15.2. The number of unbranched alkanes of at least 4 members (excludes halogenated alkanes) is 12. The summed E-state index contributed by atoms with van der Waals surface area (Å²) in [5.41, 5.74) is 3.24. The summed E-state index contributed by atoms with van der Waals surface area (Å²) in [6.45, 7) is 19.0. The molecule has 37 heavy (non-hydrogen) atoms. The van der Waals surface area contributed by atoms with Crippen LogP contribution in [0.1, 0.15) is 175 Å². The Morgan fingerprint density at radius 3 is 1.38 bits per heavy atom. The van der Waals surface area contributed by atoms with Crippen LogP contribution in [0.3, 0.4) is 0 Å². The molecule has 0 radical (unpaired) electrons. The van der Waals surface area contributed by atoms with Gasteiger partial charge in [0.15, 0.2) is 0 Å². The summed E-state index contributed by atoms with van der Waals surface area (Å²) in [5, 5.41) is 1.50. The molecule has 1 aromatic rings. The molecule has 0 saturated carbocycles. The molecule has 0 N–H and O–H groups in total. The summed E-state index contributed by atoms with van der Waals surface area (Å²) in [6, 6.07) is 5.12. The van der Waals surface area contributed by atoms with Gasteiger partial charge in [-0.15, -0.1) is 23.5 Å². The average Bonchev–Trinajstić information content (AvgIpc) is 2.86. The second kappa shape index (κ2) is 20.8. The molecule has 1 rings (SSSR count). The lowest BCUT2D eigenvalue weighted by atomic mass is 9.86. The van der Waals surface area contributed by atoms with E-state index in [9.17, 15) is 0 Å². The highest BCUT2D eigenvalue weighted by Gasteiger charge is 2.23. The molecule has 0 nitrogen and oxygen atoms in total. The third kappa shape index (κ3) is 15.3. The summed E-state index contributed by atoms with van der Waals surface area (Å²) in [7, 11) is 0. The highest BCUT2D eigenvalue weighted by Crippen LogP contribution is 2.42. The van der Waals surface area contributed by atoms with Gasteiger partial charge in [0.25, 0.3) is 0 Å². The first kappa shape index (κ1) is 34.9. The van der Waals surface area contributed by atoms with Gasteiger partial charge in [0, 0.05) is 20.3 Å². The molecule has 2 atom stereocenters. The Bertz CT molecular complexity index is 687. The van der Waals surface area contributed by atoms with Crippen molar-refractivity contribution in [1.82, 2.24) is 0 Å². The minimum Gasteiger partial charge on any atom is -0.122 e. The van der Waals surface area contributed by atoms with Gasteiger partial charge in [-0.05, 0) is 61.3 Å². The SMILES string of the molecule is CCCCCCCCCC(CC)Sc1cc(C(C)(C)C)c(SC(CC)CCCCCCCCC)cc1C. The van der Waals surface area contributed by atoms with E-state index >= 15 is 0 Å². The topological polar surface area (TPSA) is 0 Å². The second-order valence-electron chi connectivity index (χ2n) is 12.5. The van der Waals surface area contributed by atoms with E-state index in [1.807, 2.05) is 0 Å². The Labute approximate surface area is 242 Å². The van der Waals surface area contributed by atoms with Crippen molar-refractivity contribution in [3.8, 4) is 0 Å². The van der Waals surface area contributed by atoms with Gasteiger partial charge in [0.1, 0.15) is 0 Å². The monoisotopic (exact) mass is 548 g/mol. The maximum atomic E-state index is 2.58. The molecule has 1 aromatic carbocycles. The van der Waals surface area contributed by atoms with Gasteiger partial charge in [0.2, 0.25) is 0 Å². The van der Waals surface area contributed by atoms with E-state index in [0.29, 0.717) is 0 Å². The standard InChI is InChI=1S/C35H64S2/c1-9-13-15-17-19-21-23-25-30(11-3)36-33-28-32(35(6,7)8)34(27-29(33)5)37-31(12-4)26-24-22-20-18-16-14-10-2/h27-28,30-31H,9-26H2,1-8H3. The smallest absolute Gasteiger partial charge is 0.0116 e. The molecule has 0 spiro atoms. The Balaban J connectivity index is 2.75. The van der Waals surface area contributed by atoms with Crippen molar-refractivity contribution in [2.75, 3.05) is 0 Å². The molecule has 0 aliphatic heterocycles. The molecular formula is C35H64S2. The van der Waals surface area contributed by atoms with E-state index in [4.69, 9.17) is 0 Å². The van der Waals surface area contributed by atoms with Gasteiger partial charge in [0.05, 0.1) is 0 Å². The lowest BCUT2D eigenvalue weighted by Gasteiger charge is -2.27. The van der Waals surface area contributed by atoms with Crippen molar-refractivity contribution in [3.05, 3.63) is 23.3 Å². The minimum absolute atomic E-state index is 0.184. The van der Waals surface area contributed by atoms with E-state index < -0.39 is 0 Å². The Morgan fingerprint density at radius 1 is 0.568 bits per heavy atom. The predicted molar refractivity (Wildman–Crippen MR) is 175 cm³/mol. The largest absolute Gasteiger partial charge is 0.122 e. The molecule has 0 bridgehead atoms. The zero-order chi connectivity index (χ0) is 27.5. The molecule has 0 fully saturated rings. The van der Waals surface area contributed by atoms with Crippen LogP contribution in [0, 0.1) is 6.92 Å². The number of hydrogen-bond acceptors (Lipinski definition) is 2. The fourth-order valence-electron chi connectivity index (χ4n) is 5.18. The van der Waals surface area contributed by atoms with Crippen molar-refractivity contribution in [2.45, 2.75) is 197 Å². The van der Waals surface area contributed by atoms with E-state index in [1.165, 1.54) is 126 Å². The van der Waals surface area contributed by atoms with Crippen molar-refractivity contribution in [3.63, 3.8) is 0 Å². The molecule has 0 saturated heterocycles. The predicted octanol–water partition coefficient (Wildman–Crippen LogP) is 13.3. The van der Waals surface area contributed by atoms with Crippen LogP contribution < -0.4 is 0 Å². The van der Waals surface area contributed by atoms with E-state index in [0.717, 1.165) is 10.5 Å². The molecule has 0 aromatic heterocycles. The van der Waals surface area contributed by atoms with Crippen molar-refractivity contribution >= 4 is 23.5 Å². The normalized spacial score (nSPS) is 13.7. The molecule has 0 amide bonds. The number of rotatable bonds is 22. The van der Waals surface area contributed by atoms with Gasteiger partial charge in [-0.3, -0.25) is 0 Å². The number of benzene rings is 1. The third-order valence-corrected chi connectivity index (χ3v) is 10.9. The molecule has 0 aliphatic rings. The molecular weight excluding hydrogens is 485 g/mol. The highest BCUT2D eigenvalue weighted by atomic mass is 32.2. The van der Waals surface area contributed by atoms with E-state index in [2.05, 4.69) is 91.0 Å². The van der Waals surface area contributed by atoms with Gasteiger partial charge >= 0.3 is 0 Å². The lowest BCUT2D eigenvalue weighted by molar-refractivity contribution is 0.564. The van der Waals surface area contributed by atoms with E-state index in [-0.39, 0.29) is 5.41 Å². The van der Waals surface area contributed by atoms with Crippen LogP contribution in [0.25, 0.3) is 0 Å². The minimum atomic E-state index is 0.184. The summed E-state index contributed by atoms with van der Waals surface area (Å²) in [6.07, 6.45) is 25.0. The molecule has 216 valence electrons. The highest BCUT2D eigenvalue weighted by molar-refractivity contribution is 8.00. The first-order valence-corrected chi connectivity index (χ1v) is 18.0. The molecule has 2 unspecified atom stereocenters. The molecule has 0 heterocycles. The van der Waals surface area contributed by atoms with Crippen LogP contribution in [0.2, 0.25) is 0 Å². The zero-order valence-corrected chi connectivity index (χ0v) is 28.0. The van der Waals surface area contributed by atoms with Gasteiger partial charge < -0.3 is 0 Å².